The van der Waals surface area contributed by atoms with Gasteiger partial charge in [0.15, 0.2) is 0 Å². The van der Waals surface area contributed by atoms with E-state index in [0.717, 1.165) is 13.0 Å². The van der Waals surface area contributed by atoms with Gasteiger partial charge in [-0.2, -0.15) is 0 Å². The summed E-state index contributed by atoms with van der Waals surface area (Å²) >= 11 is 0. The number of hydrogen-bond acceptors (Lipinski definition) is 2. The summed E-state index contributed by atoms with van der Waals surface area (Å²) in [6.07, 6.45) is 12.1. The summed E-state index contributed by atoms with van der Waals surface area (Å²) in [6, 6.07) is 1.96. The zero-order chi connectivity index (χ0) is 13.9. The molecule has 3 aliphatic heterocycles. The second kappa shape index (κ2) is 6.46. The lowest BCUT2D eigenvalue weighted by atomic mass is 9.88. The normalized spacial score (nSPS) is 37.1. The average Bonchev–Trinajstić information content (AvgIpc) is 2.79. The number of piperidine rings is 2. The highest BCUT2D eigenvalue weighted by atomic mass is 16.2. The molecule has 20 heavy (non-hydrogen) atoms. The second-order valence-corrected chi connectivity index (χ2v) is 7.20. The molecule has 0 aromatic rings. The number of rotatable bonds is 4. The molecule has 0 saturated carbocycles. The number of carbonyl (C=O) groups is 1. The van der Waals surface area contributed by atoms with Crippen molar-refractivity contribution in [2.24, 2.45) is 5.92 Å². The largest absolute Gasteiger partial charge is 0.340 e. The first kappa shape index (κ1) is 14.4. The van der Waals surface area contributed by atoms with E-state index < -0.39 is 0 Å². The van der Waals surface area contributed by atoms with Crippen LogP contribution < -0.4 is 5.32 Å². The molecule has 3 aliphatic rings. The fourth-order valence-electron chi connectivity index (χ4n) is 4.67. The second-order valence-electron chi connectivity index (χ2n) is 7.20. The summed E-state index contributed by atoms with van der Waals surface area (Å²) < 4.78 is 0. The van der Waals surface area contributed by atoms with Gasteiger partial charge in [0.1, 0.15) is 0 Å². The Hall–Kier alpha value is -0.570. The fraction of sp³-hybridized carbons (Fsp3) is 0.941. The van der Waals surface area contributed by atoms with Crippen molar-refractivity contribution in [1.82, 2.24) is 10.2 Å². The smallest absolute Gasteiger partial charge is 0.223 e. The highest BCUT2D eigenvalue weighted by molar-refractivity contribution is 5.77. The number of likely N-dealkylation sites (tertiary alicyclic amines) is 1. The van der Waals surface area contributed by atoms with Crippen molar-refractivity contribution in [2.75, 3.05) is 6.54 Å². The van der Waals surface area contributed by atoms with Crippen molar-refractivity contribution in [3.8, 4) is 0 Å². The molecule has 3 atom stereocenters. The summed E-state index contributed by atoms with van der Waals surface area (Å²) in [5, 5.41) is 3.68. The van der Waals surface area contributed by atoms with Gasteiger partial charge in [0.05, 0.1) is 0 Å². The van der Waals surface area contributed by atoms with E-state index in [0.29, 0.717) is 30.0 Å². The van der Waals surface area contributed by atoms with Crippen molar-refractivity contribution in [3.05, 3.63) is 0 Å². The van der Waals surface area contributed by atoms with Crippen LogP contribution in [0.2, 0.25) is 0 Å². The first-order chi connectivity index (χ1) is 9.76. The number of carbonyl (C=O) groups excluding carboxylic acids is 1. The molecule has 0 aromatic carbocycles. The van der Waals surface area contributed by atoms with Gasteiger partial charge in [0.25, 0.3) is 0 Å². The molecule has 3 fully saturated rings. The van der Waals surface area contributed by atoms with Crippen LogP contribution in [0, 0.1) is 5.92 Å². The van der Waals surface area contributed by atoms with E-state index in [-0.39, 0.29) is 0 Å². The van der Waals surface area contributed by atoms with Crippen LogP contribution in [0.4, 0.5) is 0 Å². The molecule has 3 saturated heterocycles. The van der Waals surface area contributed by atoms with E-state index in [1.165, 1.54) is 57.8 Å². The number of nitrogens with one attached hydrogen (secondary N) is 1. The molecule has 3 heterocycles. The molecular weight excluding hydrogens is 248 g/mol. The average molecular weight is 278 g/mol. The van der Waals surface area contributed by atoms with Crippen LogP contribution in [0.25, 0.3) is 0 Å². The topological polar surface area (TPSA) is 32.3 Å². The highest BCUT2D eigenvalue weighted by Crippen LogP contribution is 2.33. The van der Waals surface area contributed by atoms with Crippen LogP contribution in [0.1, 0.15) is 71.1 Å². The van der Waals surface area contributed by atoms with Gasteiger partial charge in [0, 0.05) is 31.1 Å². The Labute approximate surface area is 123 Å². The fourth-order valence-corrected chi connectivity index (χ4v) is 4.67. The summed E-state index contributed by atoms with van der Waals surface area (Å²) in [7, 11) is 0. The molecule has 3 nitrogen and oxygen atoms in total. The molecule has 114 valence electrons. The lowest BCUT2D eigenvalue weighted by molar-refractivity contribution is -0.136. The summed E-state index contributed by atoms with van der Waals surface area (Å²) in [6.45, 7) is 3.25. The maximum Gasteiger partial charge on any atom is 0.223 e. The van der Waals surface area contributed by atoms with Crippen LogP contribution in [-0.4, -0.2) is 35.5 Å². The summed E-state index contributed by atoms with van der Waals surface area (Å²) in [4.78, 5) is 14.9. The Balaban J connectivity index is 1.54. The van der Waals surface area contributed by atoms with E-state index in [1.807, 2.05) is 0 Å². The molecule has 0 aliphatic carbocycles. The molecule has 1 amide bonds. The SMILES string of the molecule is CCCC1CCCCN1C(=O)CC1CC2CCC(C1)N2. The summed E-state index contributed by atoms with van der Waals surface area (Å²) in [5.41, 5.74) is 0. The Morgan fingerprint density at radius 1 is 1.15 bits per heavy atom. The third-order valence-electron chi connectivity index (χ3n) is 5.60. The van der Waals surface area contributed by atoms with Crippen LogP contribution in [0.3, 0.4) is 0 Å². The third-order valence-corrected chi connectivity index (χ3v) is 5.60. The zero-order valence-electron chi connectivity index (χ0n) is 12.9. The van der Waals surface area contributed by atoms with Gasteiger partial charge in [0.2, 0.25) is 5.91 Å². The minimum Gasteiger partial charge on any atom is -0.340 e. The standard InChI is InChI=1S/C17H30N2O/c1-2-5-16-6-3-4-9-19(16)17(20)12-13-10-14-7-8-15(11-13)18-14/h13-16,18H,2-12H2,1H3. The van der Waals surface area contributed by atoms with Gasteiger partial charge in [-0.15, -0.1) is 0 Å². The Morgan fingerprint density at radius 3 is 2.60 bits per heavy atom. The van der Waals surface area contributed by atoms with E-state index in [4.69, 9.17) is 0 Å². The molecule has 3 unspecified atom stereocenters. The lowest BCUT2D eigenvalue weighted by Crippen LogP contribution is -2.45. The van der Waals surface area contributed by atoms with Gasteiger partial charge in [-0.25, -0.2) is 0 Å². The first-order valence-corrected chi connectivity index (χ1v) is 8.81. The van der Waals surface area contributed by atoms with Crippen molar-refractivity contribution in [3.63, 3.8) is 0 Å². The predicted octanol–water partition coefficient (Wildman–Crippen LogP) is 3.09. The van der Waals surface area contributed by atoms with Gasteiger partial charge < -0.3 is 10.2 Å². The Kier molecular flexibility index (Phi) is 4.65. The molecule has 0 aromatic heterocycles. The van der Waals surface area contributed by atoms with Gasteiger partial charge >= 0.3 is 0 Å². The number of hydrogen-bond donors (Lipinski definition) is 1. The molecule has 3 heteroatoms. The Morgan fingerprint density at radius 2 is 1.90 bits per heavy atom. The monoisotopic (exact) mass is 278 g/mol. The van der Waals surface area contributed by atoms with Gasteiger partial charge in [-0.05, 0) is 57.3 Å². The predicted molar refractivity (Wildman–Crippen MR) is 81.5 cm³/mol. The highest BCUT2D eigenvalue weighted by Gasteiger charge is 2.35. The van der Waals surface area contributed by atoms with Crippen LogP contribution in [0.5, 0.6) is 0 Å². The number of amides is 1. The molecular formula is C17H30N2O. The number of fused-ring (bicyclic) bond motifs is 2. The van der Waals surface area contributed by atoms with Crippen LogP contribution >= 0.6 is 0 Å². The minimum absolute atomic E-state index is 0.453. The maximum absolute atomic E-state index is 12.7. The van der Waals surface area contributed by atoms with E-state index in [1.54, 1.807) is 0 Å². The minimum atomic E-state index is 0.453. The van der Waals surface area contributed by atoms with Gasteiger partial charge in [-0.1, -0.05) is 13.3 Å². The number of nitrogens with zero attached hydrogens (tertiary/aromatic N) is 1. The third kappa shape index (κ3) is 3.19. The van der Waals surface area contributed by atoms with Crippen molar-refractivity contribution in [1.29, 1.82) is 0 Å². The van der Waals surface area contributed by atoms with Crippen LogP contribution in [-0.2, 0) is 4.79 Å². The first-order valence-electron chi connectivity index (χ1n) is 8.81. The zero-order valence-corrected chi connectivity index (χ0v) is 12.9. The molecule has 0 radical (unpaired) electrons. The quantitative estimate of drug-likeness (QED) is 0.857. The van der Waals surface area contributed by atoms with E-state index in [2.05, 4.69) is 17.1 Å². The Bertz CT molecular complexity index is 330. The van der Waals surface area contributed by atoms with Gasteiger partial charge in [-0.3, -0.25) is 4.79 Å². The van der Waals surface area contributed by atoms with E-state index in [9.17, 15) is 4.79 Å². The van der Waals surface area contributed by atoms with Crippen molar-refractivity contribution in [2.45, 2.75) is 89.3 Å². The van der Waals surface area contributed by atoms with Crippen LogP contribution in [0.15, 0.2) is 0 Å². The maximum atomic E-state index is 12.7. The van der Waals surface area contributed by atoms with Crippen molar-refractivity contribution < 1.29 is 4.79 Å². The molecule has 0 spiro atoms. The molecule has 2 bridgehead atoms. The summed E-state index contributed by atoms with van der Waals surface area (Å²) in [5.74, 6) is 1.10. The lowest BCUT2D eigenvalue weighted by Gasteiger charge is -2.37. The van der Waals surface area contributed by atoms with E-state index >= 15 is 0 Å². The molecule has 1 N–H and O–H groups in total. The molecule has 3 rings (SSSR count). The van der Waals surface area contributed by atoms with Crippen molar-refractivity contribution >= 4 is 5.91 Å².